The number of hydrogen-bond acceptors (Lipinski definition) is 4. The lowest BCUT2D eigenvalue weighted by molar-refractivity contribution is -0.123. The number of benzene rings is 1. The summed E-state index contributed by atoms with van der Waals surface area (Å²) in [5.41, 5.74) is 10.9. The normalized spacial score (nSPS) is 11.4. The van der Waals surface area contributed by atoms with Gasteiger partial charge in [0.2, 0.25) is 11.8 Å². The summed E-state index contributed by atoms with van der Waals surface area (Å²) in [5, 5.41) is 11.7. The largest absolute Gasteiger partial charge is 0.370 e. The topological polar surface area (TPSA) is 122 Å². The lowest BCUT2D eigenvalue weighted by Gasteiger charge is -2.11. The highest BCUT2D eigenvalue weighted by molar-refractivity contribution is 6.31. The summed E-state index contributed by atoms with van der Waals surface area (Å²) in [4.78, 5) is 22.3. The lowest BCUT2D eigenvalue weighted by atomic mass is 10.1. The van der Waals surface area contributed by atoms with Gasteiger partial charge in [0.1, 0.15) is 6.07 Å². The molecule has 0 saturated carbocycles. The van der Waals surface area contributed by atoms with E-state index in [1.54, 1.807) is 0 Å². The zero-order valence-electron chi connectivity index (χ0n) is 9.31. The van der Waals surface area contributed by atoms with E-state index in [9.17, 15) is 9.59 Å². The maximum Gasteiger partial charge on any atom is 0.241 e. The van der Waals surface area contributed by atoms with Crippen molar-refractivity contribution in [3.8, 4) is 6.07 Å². The van der Waals surface area contributed by atoms with Crippen molar-refractivity contribution in [2.45, 2.75) is 12.5 Å². The third-order valence-corrected chi connectivity index (χ3v) is 2.35. The molecule has 0 heterocycles. The molecule has 7 heteroatoms. The first kappa shape index (κ1) is 14.0. The van der Waals surface area contributed by atoms with Crippen molar-refractivity contribution in [2.24, 2.45) is 11.5 Å². The summed E-state index contributed by atoms with van der Waals surface area (Å²) in [5.74, 6) is -1.28. The monoisotopic (exact) mass is 266 g/mol. The van der Waals surface area contributed by atoms with Crippen LogP contribution in [0.3, 0.4) is 0 Å². The second kappa shape index (κ2) is 6.00. The summed E-state index contributed by atoms with van der Waals surface area (Å²) in [6, 6.07) is 5.26. The first-order chi connectivity index (χ1) is 8.43. The van der Waals surface area contributed by atoms with Gasteiger partial charge in [-0.2, -0.15) is 5.26 Å². The second-order valence-electron chi connectivity index (χ2n) is 3.57. The molecule has 1 atom stereocenters. The minimum atomic E-state index is -1.06. The van der Waals surface area contributed by atoms with E-state index in [2.05, 4.69) is 5.32 Å². The van der Waals surface area contributed by atoms with Gasteiger partial charge >= 0.3 is 0 Å². The van der Waals surface area contributed by atoms with Crippen LogP contribution < -0.4 is 16.8 Å². The Hall–Kier alpha value is -2.10. The molecule has 0 fully saturated rings. The molecule has 1 rings (SSSR count). The second-order valence-corrected chi connectivity index (χ2v) is 4.00. The Bertz CT molecular complexity index is 524. The zero-order valence-corrected chi connectivity index (χ0v) is 10.1. The van der Waals surface area contributed by atoms with E-state index in [1.807, 2.05) is 6.07 Å². The Morgan fingerprint density at radius 1 is 1.50 bits per heavy atom. The van der Waals surface area contributed by atoms with Crippen molar-refractivity contribution in [3.63, 3.8) is 0 Å². The van der Waals surface area contributed by atoms with E-state index in [0.717, 1.165) is 0 Å². The minimum Gasteiger partial charge on any atom is -0.370 e. The van der Waals surface area contributed by atoms with Crippen molar-refractivity contribution in [3.05, 3.63) is 28.8 Å². The number of carbonyl (C=O) groups excluding carboxylic acids is 2. The highest BCUT2D eigenvalue weighted by Gasteiger charge is 2.17. The van der Waals surface area contributed by atoms with Gasteiger partial charge in [-0.25, -0.2) is 0 Å². The molecule has 0 radical (unpaired) electrons. The number of nitrogens with one attached hydrogen (secondary N) is 1. The van der Waals surface area contributed by atoms with E-state index < -0.39 is 17.9 Å². The van der Waals surface area contributed by atoms with Crippen LogP contribution in [-0.4, -0.2) is 17.9 Å². The molecule has 2 amide bonds. The van der Waals surface area contributed by atoms with Gasteiger partial charge in [0, 0.05) is 5.02 Å². The van der Waals surface area contributed by atoms with Crippen molar-refractivity contribution < 1.29 is 9.59 Å². The molecule has 1 aromatic rings. The maximum absolute atomic E-state index is 11.6. The Morgan fingerprint density at radius 3 is 2.72 bits per heavy atom. The van der Waals surface area contributed by atoms with Gasteiger partial charge in [-0.05, 0) is 18.2 Å². The molecule has 0 aliphatic rings. The van der Waals surface area contributed by atoms with Gasteiger partial charge < -0.3 is 16.8 Å². The van der Waals surface area contributed by atoms with Gasteiger partial charge in [-0.15, -0.1) is 0 Å². The highest BCUT2D eigenvalue weighted by Crippen LogP contribution is 2.20. The fourth-order valence-electron chi connectivity index (χ4n) is 1.25. The summed E-state index contributed by atoms with van der Waals surface area (Å²) in [6.45, 7) is 0. The Balaban J connectivity index is 2.85. The van der Waals surface area contributed by atoms with Gasteiger partial charge in [0.15, 0.2) is 0 Å². The molecule has 18 heavy (non-hydrogen) atoms. The Morgan fingerprint density at radius 2 is 2.17 bits per heavy atom. The molecule has 0 aromatic heterocycles. The molecule has 0 saturated heterocycles. The molecule has 0 aliphatic heterocycles. The average Bonchev–Trinajstić information content (AvgIpc) is 2.28. The number of hydrogen-bond donors (Lipinski definition) is 3. The Labute approximate surface area is 109 Å². The first-order valence-electron chi connectivity index (χ1n) is 4.98. The van der Waals surface area contributed by atoms with Crippen LogP contribution in [0.1, 0.15) is 12.0 Å². The van der Waals surface area contributed by atoms with E-state index in [1.165, 1.54) is 18.2 Å². The molecule has 1 aromatic carbocycles. The van der Waals surface area contributed by atoms with E-state index >= 15 is 0 Å². The first-order valence-corrected chi connectivity index (χ1v) is 5.36. The maximum atomic E-state index is 11.6. The van der Waals surface area contributed by atoms with Crippen molar-refractivity contribution in [1.29, 1.82) is 5.26 Å². The molecule has 1 unspecified atom stereocenters. The summed E-state index contributed by atoms with van der Waals surface area (Å²) in [7, 11) is 0. The van der Waals surface area contributed by atoms with Crippen LogP contribution in [0.5, 0.6) is 0 Å². The summed E-state index contributed by atoms with van der Waals surface area (Å²) < 4.78 is 0. The van der Waals surface area contributed by atoms with Gasteiger partial charge in [-0.1, -0.05) is 11.6 Å². The number of nitriles is 1. The molecule has 0 bridgehead atoms. The average molecular weight is 267 g/mol. The van der Waals surface area contributed by atoms with Crippen molar-refractivity contribution >= 4 is 29.1 Å². The number of nitrogens with zero attached hydrogens (tertiary/aromatic N) is 1. The molecule has 94 valence electrons. The van der Waals surface area contributed by atoms with Crippen LogP contribution >= 0.6 is 11.6 Å². The number of primary amides is 1. The number of anilines is 1. The predicted octanol–water partition coefficient (Wildman–Crippen LogP) is 0.353. The van der Waals surface area contributed by atoms with E-state index in [4.69, 9.17) is 28.3 Å². The third kappa shape index (κ3) is 3.73. The molecular weight excluding hydrogens is 256 g/mol. The minimum absolute atomic E-state index is 0.245. The van der Waals surface area contributed by atoms with Crippen LogP contribution in [0.4, 0.5) is 5.69 Å². The lowest BCUT2D eigenvalue weighted by Crippen LogP contribution is -2.39. The molecule has 0 aliphatic carbocycles. The predicted molar refractivity (Wildman–Crippen MR) is 66.6 cm³/mol. The fraction of sp³-hybridized carbons (Fsp3) is 0.182. The van der Waals surface area contributed by atoms with E-state index in [0.29, 0.717) is 5.02 Å². The smallest absolute Gasteiger partial charge is 0.241 e. The Kier molecular flexibility index (Phi) is 4.66. The number of halogens is 1. The fourth-order valence-corrected chi connectivity index (χ4v) is 1.42. The number of nitrogens with two attached hydrogens (primary N) is 2. The quantitative estimate of drug-likeness (QED) is 0.728. The van der Waals surface area contributed by atoms with Crippen LogP contribution in [-0.2, 0) is 9.59 Å². The molecular formula is C11H11ClN4O2. The number of carbonyl (C=O) groups is 2. The number of rotatable bonds is 4. The molecule has 0 spiro atoms. The molecule has 5 N–H and O–H groups in total. The molecule has 6 nitrogen and oxygen atoms in total. The van der Waals surface area contributed by atoms with Gasteiger partial charge in [-0.3, -0.25) is 9.59 Å². The highest BCUT2D eigenvalue weighted by atomic mass is 35.5. The summed E-state index contributed by atoms with van der Waals surface area (Å²) >= 11 is 5.76. The standard InChI is InChI=1S/C11H11ClN4O2/c12-7-2-1-6(5-13)9(3-7)16-11(18)8(14)4-10(15)17/h1-3,8H,4,14H2,(H2,15,17)(H,16,18). The van der Waals surface area contributed by atoms with Gasteiger partial charge in [0.05, 0.1) is 23.7 Å². The van der Waals surface area contributed by atoms with Gasteiger partial charge in [0.25, 0.3) is 0 Å². The number of amides is 2. The van der Waals surface area contributed by atoms with Crippen LogP contribution in [0.2, 0.25) is 5.02 Å². The van der Waals surface area contributed by atoms with Crippen molar-refractivity contribution in [1.82, 2.24) is 0 Å². The van der Waals surface area contributed by atoms with E-state index in [-0.39, 0.29) is 17.7 Å². The summed E-state index contributed by atoms with van der Waals surface area (Å²) in [6.07, 6.45) is -0.270. The third-order valence-electron chi connectivity index (χ3n) is 2.12. The SMILES string of the molecule is N#Cc1ccc(Cl)cc1NC(=O)C(N)CC(N)=O. The van der Waals surface area contributed by atoms with Crippen LogP contribution in [0, 0.1) is 11.3 Å². The van der Waals surface area contributed by atoms with Crippen LogP contribution in [0.15, 0.2) is 18.2 Å². The van der Waals surface area contributed by atoms with Crippen molar-refractivity contribution in [2.75, 3.05) is 5.32 Å². The van der Waals surface area contributed by atoms with Crippen LogP contribution in [0.25, 0.3) is 0 Å². The zero-order chi connectivity index (χ0) is 13.7.